The molecular weight excluding hydrogens is 255 g/mol. The Balaban J connectivity index is 2.19. The summed E-state index contributed by atoms with van der Waals surface area (Å²) in [4.78, 5) is 4.28. The highest BCUT2D eigenvalue weighted by Gasteiger charge is 2.12. The fraction of sp³-hybridized carbons (Fsp3) is 0. The van der Waals surface area contributed by atoms with Crippen molar-refractivity contribution in [3.8, 4) is 11.5 Å². The van der Waals surface area contributed by atoms with Gasteiger partial charge in [-0.05, 0) is 36.4 Å². The fourth-order valence-electron chi connectivity index (χ4n) is 1.72. The van der Waals surface area contributed by atoms with E-state index in [4.69, 9.17) is 21.8 Å². The smallest absolute Gasteiger partial charge is 0.228 e. The third kappa shape index (κ3) is 1.80. The zero-order valence-electron chi connectivity index (χ0n) is 9.15. The van der Waals surface area contributed by atoms with E-state index in [1.54, 1.807) is 18.2 Å². The Morgan fingerprint density at radius 1 is 1.17 bits per heavy atom. The summed E-state index contributed by atoms with van der Waals surface area (Å²) in [5.74, 6) is -0.0512. The number of nitrogens with zero attached hydrogens (tertiary/aromatic N) is 1. The zero-order valence-corrected chi connectivity index (χ0v) is 9.91. The quantitative estimate of drug-likeness (QED) is 0.677. The van der Waals surface area contributed by atoms with Crippen molar-refractivity contribution in [3.63, 3.8) is 0 Å². The lowest BCUT2D eigenvalue weighted by atomic mass is 10.2. The van der Waals surface area contributed by atoms with Crippen molar-refractivity contribution in [1.82, 2.24) is 4.98 Å². The Hall–Kier alpha value is -2.07. The van der Waals surface area contributed by atoms with E-state index >= 15 is 0 Å². The van der Waals surface area contributed by atoms with E-state index in [2.05, 4.69) is 4.98 Å². The van der Waals surface area contributed by atoms with Gasteiger partial charge in [-0.25, -0.2) is 9.37 Å². The molecule has 0 saturated carbocycles. The van der Waals surface area contributed by atoms with Crippen LogP contribution in [0.5, 0.6) is 0 Å². The van der Waals surface area contributed by atoms with Gasteiger partial charge in [0.1, 0.15) is 11.3 Å². The second kappa shape index (κ2) is 3.99. The molecule has 0 fully saturated rings. The number of nitrogen functional groups attached to an aromatic ring is 1. The molecule has 2 N–H and O–H groups in total. The Morgan fingerprint density at radius 2 is 2.00 bits per heavy atom. The second-order valence-electron chi connectivity index (χ2n) is 3.87. The number of rotatable bonds is 1. The van der Waals surface area contributed by atoms with E-state index in [1.165, 1.54) is 18.2 Å². The summed E-state index contributed by atoms with van der Waals surface area (Å²) < 4.78 is 18.5. The number of hydrogen-bond acceptors (Lipinski definition) is 3. The molecule has 0 aliphatic rings. The van der Waals surface area contributed by atoms with E-state index in [0.29, 0.717) is 28.2 Å². The Morgan fingerprint density at radius 3 is 2.78 bits per heavy atom. The van der Waals surface area contributed by atoms with Crippen LogP contribution in [0.25, 0.3) is 22.6 Å². The van der Waals surface area contributed by atoms with Crippen molar-refractivity contribution < 1.29 is 8.81 Å². The van der Waals surface area contributed by atoms with Crippen molar-refractivity contribution >= 4 is 28.4 Å². The minimum atomic E-state index is -0.399. The summed E-state index contributed by atoms with van der Waals surface area (Å²) in [5.41, 5.74) is 8.07. The van der Waals surface area contributed by atoms with Gasteiger partial charge in [-0.2, -0.15) is 0 Å². The van der Waals surface area contributed by atoms with Gasteiger partial charge in [-0.3, -0.25) is 0 Å². The van der Waals surface area contributed by atoms with Crippen LogP contribution in [0.15, 0.2) is 40.8 Å². The van der Waals surface area contributed by atoms with E-state index in [0.717, 1.165) is 0 Å². The number of nitrogens with two attached hydrogens (primary N) is 1. The monoisotopic (exact) mass is 262 g/mol. The molecule has 3 aromatic rings. The number of halogens is 2. The van der Waals surface area contributed by atoms with Gasteiger partial charge in [0.2, 0.25) is 5.89 Å². The number of aromatic nitrogens is 1. The fourth-order valence-corrected chi connectivity index (χ4v) is 1.97. The molecule has 18 heavy (non-hydrogen) atoms. The molecule has 3 rings (SSSR count). The molecule has 5 heteroatoms. The van der Waals surface area contributed by atoms with Crippen LogP contribution >= 0.6 is 11.6 Å². The summed E-state index contributed by atoms with van der Waals surface area (Å²) in [6.07, 6.45) is 0. The highest BCUT2D eigenvalue weighted by atomic mass is 35.5. The van der Waals surface area contributed by atoms with E-state index < -0.39 is 5.82 Å². The van der Waals surface area contributed by atoms with Crippen LogP contribution in [-0.2, 0) is 0 Å². The number of fused-ring (bicyclic) bond motifs is 1. The minimum absolute atomic E-state index is 0.259. The SMILES string of the molecule is Nc1ccc2oc(-c3ccc(F)cc3Cl)nc2c1. The average Bonchev–Trinajstić information content (AvgIpc) is 2.71. The largest absolute Gasteiger partial charge is 0.436 e. The first-order chi connectivity index (χ1) is 8.63. The third-order valence-electron chi connectivity index (χ3n) is 2.57. The Bertz CT molecular complexity index is 739. The van der Waals surface area contributed by atoms with E-state index in [-0.39, 0.29) is 5.02 Å². The predicted octanol–water partition coefficient (Wildman–Crippen LogP) is 3.87. The van der Waals surface area contributed by atoms with Gasteiger partial charge in [-0.1, -0.05) is 11.6 Å². The molecule has 0 aliphatic carbocycles. The lowest BCUT2D eigenvalue weighted by Gasteiger charge is -1.98. The van der Waals surface area contributed by atoms with Crippen LogP contribution in [0.4, 0.5) is 10.1 Å². The highest BCUT2D eigenvalue weighted by molar-refractivity contribution is 6.33. The topological polar surface area (TPSA) is 52.0 Å². The molecule has 1 heterocycles. The highest BCUT2D eigenvalue weighted by Crippen LogP contribution is 2.30. The molecule has 90 valence electrons. The van der Waals surface area contributed by atoms with Crippen molar-refractivity contribution in [2.45, 2.75) is 0 Å². The van der Waals surface area contributed by atoms with Gasteiger partial charge in [0.15, 0.2) is 5.58 Å². The molecule has 3 nitrogen and oxygen atoms in total. The molecule has 0 radical (unpaired) electrons. The van der Waals surface area contributed by atoms with E-state index in [1.807, 2.05) is 0 Å². The van der Waals surface area contributed by atoms with Gasteiger partial charge in [-0.15, -0.1) is 0 Å². The summed E-state index contributed by atoms with van der Waals surface area (Å²) in [5, 5.41) is 0.259. The van der Waals surface area contributed by atoms with Crippen LogP contribution in [0.3, 0.4) is 0 Å². The van der Waals surface area contributed by atoms with Gasteiger partial charge < -0.3 is 10.2 Å². The van der Waals surface area contributed by atoms with Crippen LogP contribution in [0, 0.1) is 5.82 Å². The number of benzene rings is 2. The zero-order chi connectivity index (χ0) is 12.7. The summed E-state index contributed by atoms with van der Waals surface area (Å²) in [6.45, 7) is 0. The molecule has 2 aromatic carbocycles. The molecule has 0 spiro atoms. The first kappa shape index (κ1) is 11.0. The summed E-state index contributed by atoms with van der Waals surface area (Å²) in [7, 11) is 0. The second-order valence-corrected chi connectivity index (χ2v) is 4.28. The first-order valence-electron chi connectivity index (χ1n) is 5.25. The minimum Gasteiger partial charge on any atom is -0.436 e. The summed E-state index contributed by atoms with van der Waals surface area (Å²) >= 11 is 5.96. The van der Waals surface area contributed by atoms with Gasteiger partial charge in [0.05, 0.1) is 10.6 Å². The third-order valence-corrected chi connectivity index (χ3v) is 2.89. The van der Waals surface area contributed by atoms with Gasteiger partial charge in [0, 0.05) is 5.69 Å². The lowest BCUT2D eigenvalue weighted by molar-refractivity contribution is 0.616. The normalized spacial score (nSPS) is 11.0. The molecule has 0 atom stereocenters. The maximum atomic E-state index is 13.0. The van der Waals surface area contributed by atoms with Crippen molar-refractivity contribution in [2.75, 3.05) is 5.73 Å². The molecule has 0 unspecified atom stereocenters. The van der Waals surface area contributed by atoms with Crippen LogP contribution in [0.1, 0.15) is 0 Å². The van der Waals surface area contributed by atoms with Gasteiger partial charge >= 0.3 is 0 Å². The first-order valence-corrected chi connectivity index (χ1v) is 5.63. The van der Waals surface area contributed by atoms with Crippen LogP contribution in [0.2, 0.25) is 5.02 Å². The maximum absolute atomic E-state index is 13.0. The van der Waals surface area contributed by atoms with Crippen molar-refractivity contribution in [1.29, 1.82) is 0 Å². The molecule has 0 bridgehead atoms. The van der Waals surface area contributed by atoms with Gasteiger partial charge in [0.25, 0.3) is 0 Å². The molecule has 0 saturated heterocycles. The van der Waals surface area contributed by atoms with Crippen molar-refractivity contribution in [3.05, 3.63) is 47.2 Å². The number of hydrogen-bond donors (Lipinski definition) is 1. The maximum Gasteiger partial charge on any atom is 0.228 e. The molecule has 0 amide bonds. The number of oxazole rings is 1. The standard InChI is InChI=1S/C13H8ClFN2O/c14-10-5-7(15)1-3-9(10)13-17-11-6-8(16)2-4-12(11)18-13/h1-6H,16H2. The molecule has 1 aromatic heterocycles. The molecular formula is C13H8ClFN2O. The number of anilines is 1. The molecule has 0 aliphatic heterocycles. The average molecular weight is 263 g/mol. The Labute approximate surface area is 107 Å². The van der Waals surface area contributed by atoms with Crippen LogP contribution < -0.4 is 5.73 Å². The van der Waals surface area contributed by atoms with Crippen LogP contribution in [-0.4, -0.2) is 4.98 Å². The van der Waals surface area contributed by atoms with E-state index in [9.17, 15) is 4.39 Å². The Kier molecular flexibility index (Phi) is 2.45. The predicted molar refractivity (Wildman–Crippen MR) is 68.8 cm³/mol. The lowest BCUT2D eigenvalue weighted by Crippen LogP contribution is -1.83. The summed E-state index contributed by atoms with van der Waals surface area (Å²) in [6, 6.07) is 9.23. The van der Waals surface area contributed by atoms with Crippen molar-refractivity contribution in [2.24, 2.45) is 0 Å².